The lowest BCUT2D eigenvalue weighted by atomic mass is 10.1. The van der Waals surface area contributed by atoms with Crippen LogP contribution in [0.5, 0.6) is 0 Å². The fraction of sp³-hybridized carbons (Fsp3) is 0.400. The molecule has 0 atom stereocenters. The van der Waals surface area contributed by atoms with Crippen LogP contribution < -0.4 is 5.32 Å². The number of nitrogens with one attached hydrogen (secondary N) is 1. The number of hydrogen-bond donors (Lipinski definition) is 1. The third-order valence-electron chi connectivity index (χ3n) is 4.94. The van der Waals surface area contributed by atoms with Crippen molar-refractivity contribution >= 4 is 11.5 Å². The average molecular weight is 321 g/mol. The van der Waals surface area contributed by atoms with E-state index in [-0.39, 0.29) is 12.3 Å². The summed E-state index contributed by atoms with van der Waals surface area (Å²) >= 11 is 0. The number of anilines is 1. The van der Waals surface area contributed by atoms with Crippen molar-refractivity contribution < 1.29 is 4.79 Å². The van der Waals surface area contributed by atoms with Crippen LogP contribution in [0.3, 0.4) is 0 Å². The summed E-state index contributed by atoms with van der Waals surface area (Å²) in [5, 5.41) is 12.0. The van der Waals surface area contributed by atoms with E-state index in [9.17, 15) is 4.79 Å². The molecule has 1 heterocycles. The Morgan fingerprint density at radius 1 is 1.25 bits per heavy atom. The van der Waals surface area contributed by atoms with E-state index in [0.717, 1.165) is 16.9 Å². The zero-order chi connectivity index (χ0) is 17.1. The Balaban J connectivity index is 1.70. The van der Waals surface area contributed by atoms with Gasteiger partial charge in [0.2, 0.25) is 0 Å². The summed E-state index contributed by atoms with van der Waals surface area (Å²) in [5.41, 5.74) is 4.56. The lowest BCUT2D eigenvalue weighted by Gasteiger charge is -2.17. The first-order valence-corrected chi connectivity index (χ1v) is 8.56. The Labute approximate surface area is 143 Å². The van der Waals surface area contributed by atoms with Gasteiger partial charge in [0, 0.05) is 28.7 Å². The predicted molar refractivity (Wildman–Crippen MR) is 95.4 cm³/mol. The second kappa shape index (κ2) is 6.92. The van der Waals surface area contributed by atoms with E-state index in [2.05, 4.69) is 29.8 Å². The molecule has 1 aliphatic carbocycles. The number of hydrogen-bond acceptors (Lipinski definition) is 3. The third-order valence-corrected chi connectivity index (χ3v) is 4.94. The van der Waals surface area contributed by atoms with E-state index in [4.69, 9.17) is 5.26 Å². The molecule has 1 aromatic carbocycles. The van der Waals surface area contributed by atoms with E-state index in [0.29, 0.717) is 11.6 Å². The van der Waals surface area contributed by atoms with E-state index < -0.39 is 0 Å². The quantitative estimate of drug-likeness (QED) is 0.831. The molecule has 4 nitrogen and oxygen atoms in total. The van der Waals surface area contributed by atoms with Crippen LogP contribution in [0.4, 0.5) is 5.69 Å². The van der Waals surface area contributed by atoms with Crippen LogP contribution in [0, 0.1) is 25.2 Å². The van der Waals surface area contributed by atoms with E-state index in [1.165, 1.54) is 31.4 Å². The maximum Gasteiger partial charge on any atom is 0.183 e. The SMILES string of the molecule is Cc1cc(C(=O)CNc2ccc(C#N)cc2)c(C)n1C1CCCC1. The fourth-order valence-corrected chi connectivity index (χ4v) is 3.72. The number of nitrogens with zero attached hydrogens (tertiary/aromatic N) is 2. The van der Waals surface area contributed by atoms with E-state index >= 15 is 0 Å². The van der Waals surface area contributed by atoms with Crippen molar-refractivity contribution in [2.24, 2.45) is 0 Å². The van der Waals surface area contributed by atoms with Gasteiger partial charge in [0.05, 0.1) is 18.2 Å². The zero-order valence-electron chi connectivity index (χ0n) is 14.3. The van der Waals surface area contributed by atoms with Gasteiger partial charge in [0.15, 0.2) is 5.78 Å². The van der Waals surface area contributed by atoms with Gasteiger partial charge in [-0.2, -0.15) is 5.26 Å². The molecule has 1 N–H and O–H groups in total. The van der Waals surface area contributed by atoms with Crippen molar-refractivity contribution in [3.8, 4) is 6.07 Å². The lowest BCUT2D eigenvalue weighted by molar-refractivity contribution is 0.101. The van der Waals surface area contributed by atoms with Gasteiger partial charge in [-0.25, -0.2) is 0 Å². The molecule has 4 heteroatoms. The van der Waals surface area contributed by atoms with Gasteiger partial charge in [-0.3, -0.25) is 4.79 Å². The van der Waals surface area contributed by atoms with Gasteiger partial charge >= 0.3 is 0 Å². The highest BCUT2D eigenvalue weighted by molar-refractivity contribution is 6.00. The molecular weight excluding hydrogens is 298 g/mol. The van der Waals surface area contributed by atoms with Gasteiger partial charge in [-0.05, 0) is 57.0 Å². The van der Waals surface area contributed by atoms with Crippen LogP contribution in [0.15, 0.2) is 30.3 Å². The molecule has 24 heavy (non-hydrogen) atoms. The van der Waals surface area contributed by atoms with Gasteiger partial charge in [0.25, 0.3) is 0 Å². The highest BCUT2D eigenvalue weighted by Gasteiger charge is 2.23. The largest absolute Gasteiger partial charge is 0.378 e. The molecule has 1 saturated carbocycles. The van der Waals surface area contributed by atoms with E-state index in [1.54, 1.807) is 12.1 Å². The first-order valence-electron chi connectivity index (χ1n) is 8.56. The standard InChI is InChI=1S/C20H23N3O/c1-14-11-19(15(2)23(14)18-5-3-4-6-18)20(24)13-22-17-9-7-16(12-21)8-10-17/h7-11,18,22H,3-6,13H2,1-2H3. The molecule has 1 aliphatic rings. The van der Waals surface area contributed by atoms with Gasteiger partial charge in [-0.15, -0.1) is 0 Å². The Morgan fingerprint density at radius 3 is 2.54 bits per heavy atom. The summed E-state index contributed by atoms with van der Waals surface area (Å²) in [6.07, 6.45) is 5.00. The summed E-state index contributed by atoms with van der Waals surface area (Å²) < 4.78 is 2.35. The normalized spacial score (nSPS) is 14.5. The number of aromatic nitrogens is 1. The molecule has 1 fully saturated rings. The first-order chi connectivity index (χ1) is 11.6. The smallest absolute Gasteiger partial charge is 0.183 e. The molecule has 0 radical (unpaired) electrons. The Morgan fingerprint density at radius 2 is 1.92 bits per heavy atom. The van der Waals surface area contributed by atoms with Crippen molar-refractivity contribution in [1.82, 2.24) is 4.57 Å². The highest BCUT2D eigenvalue weighted by atomic mass is 16.1. The average Bonchev–Trinajstić information content (AvgIpc) is 3.21. The highest BCUT2D eigenvalue weighted by Crippen LogP contribution is 2.33. The summed E-state index contributed by atoms with van der Waals surface area (Å²) in [6.45, 7) is 4.41. The first kappa shape index (κ1) is 16.3. The van der Waals surface area contributed by atoms with Crippen molar-refractivity contribution in [1.29, 1.82) is 5.26 Å². The van der Waals surface area contributed by atoms with Crippen LogP contribution in [0.2, 0.25) is 0 Å². The minimum absolute atomic E-state index is 0.108. The maximum atomic E-state index is 12.6. The second-order valence-corrected chi connectivity index (χ2v) is 6.56. The van der Waals surface area contributed by atoms with Crippen LogP contribution in [-0.2, 0) is 0 Å². The van der Waals surface area contributed by atoms with Crippen LogP contribution in [-0.4, -0.2) is 16.9 Å². The number of carbonyl (C=O) groups excluding carboxylic acids is 1. The number of ketones is 1. The van der Waals surface area contributed by atoms with Crippen LogP contribution >= 0.6 is 0 Å². The lowest BCUT2D eigenvalue weighted by Crippen LogP contribution is -2.15. The number of nitriles is 1. The van der Waals surface area contributed by atoms with Gasteiger partial charge < -0.3 is 9.88 Å². The monoisotopic (exact) mass is 321 g/mol. The van der Waals surface area contributed by atoms with Crippen molar-refractivity contribution in [2.75, 3.05) is 11.9 Å². The molecule has 0 spiro atoms. The van der Waals surface area contributed by atoms with Crippen molar-refractivity contribution in [3.63, 3.8) is 0 Å². The summed E-state index contributed by atoms with van der Waals surface area (Å²) in [4.78, 5) is 12.6. The Bertz CT molecular complexity index is 774. The Kier molecular flexibility index (Phi) is 4.71. The third kappa shape index (κ3) is 3.21. The van der Waals surface area contributed by atoms with Crippen molar-refractivity contribution in [2.45, 2.75) is 45.6 Å². The molecule has 0 saturated heterocycles. The van der Waals surface area contributed by atoms with E-state index in [1.807, 2.05) is 18.2 Å². The minimum Gasteiger partial charge on any atom is -0.378 e. The molecular formula is C20H23N3O. The van der Waals surface area contributed by atoms with Crippen LogP contribution in [0.1, 0.15) is 59.0 Å². The number of carbonyl (C=O) groups is 1. The number of Topliss-reactive ketones (excluding diaryl/α,β-unsaturated/α-hetero) is 1. The molecule has 0 aliphatic heterocycles. The minimum atomic E-state index is 0.108. The molecule has 1 aromatic heterocycles. The number of rotatable bonds is 5. The number of aryl methyl sites for hydroxylation is 1. The predicted octanol–water partition coefficient (Wildman–Crippen LogP) is 4.39. The molecule has 0 unspecified atom stereocenters. The van der Waals surface area contributed by atoms with Gasteiger partial charge in [-0.1, -0.05) is 12.8 Å². The van der Waals surface area contributed by atoms with Crippen LogP contribution in [0.25, 0.3) is 0 Å². The van der Waals surface area contributed by atoms with Crippen molar-refractivity contribution in [3.05, 3.63) is 52.8 Å². The molecule has 3 rings (SSSR count). The summed E-state index contributed by atoms with van der Waals surface area (Å²) in [6, 6.07) is 11.8. The second-order valence-electron chi connectivity index (χ2n) is 6.56. The molecule has 124 valence electrons. The zero-order valence-corrected chi connectivity index (χ0v) is 14.3. The molecule has 0 bridgehead atoms. The maximum absolute atomic E-state index is 12.6. The fourth-order valence-electron chi connectivity index (χ4n) is 3.72. The van der Waals surface area contributed by atoms with Gasteiger partial charge in [0.1, 0.15) is 0 Å². The molecule has 2 aromatic rings. The molecule has 0 amide bonds. The topological polar surface area (TPSA) is 57.8 Å². The Hall–Kier alpha value is -2.54. The number of benzene rings is 1. The summed E-state index contributed by atoms with van der Waals surface area (Å²) in [7, 11) is 0. The summed E-state index contributed by atoms with van der Waals surface area (Å²) in [5.74, 6) is 0.108.